The highest BCUT2D eigenvalue weighted by Crippen LogP contribution is 2.22. The molecular formula is C18H27N5O3. The van der Waals surface area contributed by atoms with Crippen LogP contribution in [0.5, 0.6) is 0 Å². The van der Waals surface area contributed by atoms with Crippen molar-refractivity contribution in [1.82, 2.24) is 24.3 Å². The van der Waals surface area contributed by atoms with Gasteiger partial charge in [-0.1, -0.05) is 0 Å². The van der Waals surface area contributed by atoms with E-state index in [1.54, 1.807) is 0 Å². The van der Waals surface area contributed by atoms with E-state index in [0.29, 0.717) is 45.9 Å². The van der Waals surface area contributed by atoms with E-state index in [1.807, 2.05) is 22.3 Å². The molecule has 3 aliphatic heterocycles. The summed E-state index contributed by atoms with van der Waals surface area (Å²) in [4.78, 5) is 35.4. The summed E-state index contributed by atoms with van der Waals surface area (Å²) in [5, 5.41) is 0. The minimum atomic E-state index is 0.0701. The lowest BCUT2D eigenvalue weighted by atomic mass is 9.94. The number of carbonyl (C=O) groups is 2. The average Bonchev–Trinajstić information content (AvgIpc) is 3.16. The maximum atomic E-state index is 12.8. The largest absolute Gasteiger partial charge is 0.378 e. The van der Waals surface area contributed by atoms with Crippen molar-refractivity contribution in [3.8, 4) is 0 Å². The summed E-state index contributed by atoms with van der Waals surface area (Å²) >= 11 is 0. The first kappa shape index (κ1) is 17.5. The molecule has 1 aromatic rings. The second-order valence-corrected chi connectivity index (χ2v) is 7.36. The third-order valence-corrected chi connectivity index (χ3v) is 5.73. The van der Waals surface area contributed by atoms with Gasteiger partial charge in [-0.2, -0.15) is 0 Å². The van der Waals surface area contributed by atoms with Gasteiger partial charge in [0.15, 0.2) is 0 Å². The second kappa shape index (κ2) is 7.75. The van der Waals surface area contributed by atoms with E-state index in [0.717, 1.165) is 38.2 Å². The Bertz CT molecular complexity index is 647. The van der Waals surface area contributed by atoms with Crippen LogP contribution < -0.4 is 0 Å². The van der Waals surface area contributed by atoms with Gasteiger partial charge in [0.25, 0.3) is 0 Å². The van der Waals surface area contributed by atoms with Crippen molar-refractivity contribution in [3.05, 3.63) is 18.2 Å². The predicted molar refractivity (Wildman–Crippen MR) is 94.5 cm³/mol. The number of nitrogens with zero attached hydrogens (tertiary/aromatic N) is 5. The summed E-state index contributed by atoms with van der Waals surface area (Å²) in [7, 11) is 0. The summed E-state index contributed by atoms with van der Waals surface area (Å²) in [6, 6.07) is 0. The zero-order valence-corrected chi connectivity index (χ0v) is 15.2. The molecule has 26 heavy (non-hydrogen) atoms. The molecule has 0 spiro atoms. The van der Waals surface area contributed by atoms with Gasteiger partial charge in [-0.15, -0.1) is 0 Å². The SMILES string of the molecule is O=C(CN1CCN(C(=O)C2CCn3cncc3C2)CC1)N1CCOCC1. The monoisotopic (exact) mass is 361 g/mol. The minimum absolute atomic E-state index is 0.0701. The molecule has 2 saturated heterocycles. The molecule has 1 atom stereocenters. The van der Waals surface area contributed by atoms with Crippen LogP contribution in [0.15, 0.2) is 12.5 Å². The number of hydrogen-bond donors (Lipinski definition) is 0. The van der Waals surface area contributed by atoms with Crippen LogP contribution in [0.4, 0.5) is 0 Å². The van der Waals surface area contributed by atoms with Crippen molar-refractivity contribution in [2.24, 2.45) is 5.92 Å². The molecule has 3 aliphatic rings. The average molecular weight is 361 g/mol. The molecule has 0 saturated carbocycles. The van der Waals surface area contributed by atoms with Crippen molar-refractivity contribution in [3.63, 3.8) is 0 Å². The molecule has 0 radical (unpaired) electrons. The Kier molecular flexibility index (Phi) is 5.21. The molecular weight excluding hydrogens is 334 g/mol. The van der Waals surface area contributed by atoms with E-state index >= 15 is 0 Å². The normalized spacial score (nSPS) is 24.4. The van der Waals surface area contributed by atoms with Gasteiger partial charge in [0.1, 0.15) is 0 Å². The molecule has 8 nitrogen and oxygen atoms in total. The molecule has 4 heterocycles. The summed E-state index contributed by atoms with van der Waals surface area (Å²) in [6.45, 7) is 6.94. The lowest BCUT2D eigenvalue weighted by Crippen LogP contribution is -2.54. The Morgan fingerprint density at radius 3 is 2.58 bits per heavy atom. The van der Waals surface area contributed by atoms with Gasteiger partial charge >= 0.3 is 0 Å². The van der Waals surface area contributed by atoms with Gasteiger partial charge in [0.05, 0.1) is 26.1 Å². The summed E-state index contributed by atoms with van der Waals surface area (Å²) in [6.07, 6.45) is 5.39. The van der Waals surface area contributed by atoms with E-state index in [-0.39, 0.29) is 17.7 Å². The molecule has 1 unspecified atom stereocenters. The van der Waals surface area contributed by atoms with E-state index < -0.39 is 0 Å². The van der Waals surface area contributed by atoms with Gasteiger partial charge in [-0.25, -0.2) is 4.98 Å². The number of aryl methyl sites for hydroxylation is 1. The molecule has 8 heteroatoms. The molecule has 1 aromatic heterocycles. The summed E-state index contributed by atoms with van der Waals surface area (Å²) in [5.41, 5.74) is 1.16. The number of imidazole rings is 1. The highest BCUT2D eigenvalue weighted by molar-refractivity contribution is 5.80. The van der Waals surface area contributed by atoms with Crippen LogP contribution in [-0.2, 0) is 27.3 Å². The van der Waals surface area contributed by atoms with Gasteiger partial charge in [-0.05, 0) is 6.42 Å². The first-order valence-corrected chi connectivity index (χ1v) is 9.56. The molecule has 0 aromatic carbocycles. The second-order valence-electron chi connectivity index (χ2n) is 7.36. The van der Waals surface area contributed by atoms with E-state index in [9.17, 15) is 9.59 Å². The fraction of sp³-hybridized carbons (Fsp3) is 0.722. The van der Waals surface area contributed by atoms with Crippen molar-refractivity contribution >= 4 is 11.8 Å². The highest BCUT2D eigenvalue weighted by Gasteiger charge is 2.31. The maximum absolute atomic E-state index is 12.8. The van der Waals surface area contributed by atoms with Gasteiger partial charge in [-0.3, -0.25) is 14.5 Å². The Balaban J connectivity index is 1.24. The van der Waals surface area contributed by atoms with Crippen LogP contribution >= 0.6 is 0 Å². The Morgan fingerprint density at radius 2 is 1.81 bits per heavy atom. The number of aromatic nitrogens is 2. The lowest BCUT2D eigenvalue weighted by Gasteiger charge is -2.38. The third kappa shape index (κ3) is 3.76. The van der Waals surface area contributed by atoms with Crippen LogP contribution in [0.25, 0.3) is 0 Å². The quantitative estimate of drug-likeness (QED) is 0.722. The predicted octanol–water partition coefficient (Wildman–Crippen LogP) is -0.551. The first-order valence-electron chi connectivity index (χ1n) is 9.56. The molecule has 0 aliphatic carbocycles. The van der Waals surface area contributed by atoms with Crippen LogP contribution in [-0.4, -0.2) is 95.1 Å². The third-order valence-electron chi connectivity index (χ3n) is 5.73. The van der Waals surface area contributed by atoms with Crippen LogP contribution in [0.1, 0.15) is 12.1 Å². The first-order chi connectivity index (χ1) is 12.7. The zero-order chi connectivity index (χ0) is 17.9. The molecule has 2 amide bonds. The Labute approximate surface area is 153 Å². The molecule has 0 bridgehead atoms. The molecule has 142 valence electrons. The maximum Gasteiger partial charge on any atom is 0.236 e. The molecule has 2 fully saturated rings. The number of amides is 2. The number of morpholine rings is 1. The van der Waals surface area contributed by atoms with Crippen molar-refractivity contribution in [2.45, 2.75) is 19.4 Å². The fourth-order valence-electron chi connectivity index (χ4n) is 4.07. The zero-order valence-electron chi connectivity index (χ0n) is 15.2. The molecule has 4 rings (SSSR count). The standard InChI is InChI=1S/C18H27N5O3/c24-17(21-7-9-26-10-8-21)13-20-3-5-22(6-4-20)18(25)15-1-2-23-14-19-12-16(23)11-15/h12,14-15H,1-11,13H2. The van der Waals surface area contributed by atoms with Crippen LogP contribution in [0.3, 0.4) is 0 Å². The fourth-order valence-corrected chi connectivity index (χ4v) is 4.07. The van der Waals surface area contributed by atoms with E-state index in [4.69, 9.17) is 4.74 Å². The van der Waals surface area contributed by atoms with Gasteiger partial charge in [0, 0.05) is 70.0 Å². The van der Waals surface area contributed by atoms with Gasteiger partial charge in [0.2, 0.25) is 11.8 Å². The van der Waals surface area contributed by atoms with Crippen molar-refractivity contribution < 1.29 is 14.3 Å². The van der Waals surface area contributed by atoms with Crippen molar-refractivity contribution in [2.75, 3.05) is 59.0 Å². The number of piperazine rings is 1. The lowest BCUT2D eigenvalue weighted by molar-refractivity contribution is -0.139. The minimum Gasteiger partial charge on any atom is -0.378 e. The van der Waals surface area contributed by atoms with E-state index in [2.05, 4.69) is 14.5 Å². The summed E-state index contributed by atoms with van der Waals surface area (Å²) < 4.78 is 7.44. The number of hydrogen-bond acceptors (Lipinski definition) is 5. The van der Waals surface area contributed by atoms with E-state index in [1.165, 1.54) is 0 Å². The highest BCUT2D eigenvalue weighted by atomic mass is 16.5. The molecule has 0 N–H and O–H groups in total. The Morgan fingerprint density at radius 1 is 1.04 bits per heavy atom. The van der Waals surface area contributed by atoms with Crippen LogP contribution in [0, 0.1) is 5.92 Å². The number of ether oxygens (including phenoxy) is 1. The number of carbonyl (C=O) groups excluding carboxylic acids is 2. The smallest absolute Gasteiger partial charge is 0.236 e. The van der Waals surface area contributed by atoms with Crippen LogP contribution in [0.2, 0.25) is 0 Å². The number of rotatable bonds is 3. The Hall–Kier alpha value is -1.93. The van der Waals surface area contributed by atoms with Gasteiger partial charge < -0.3 is 19.1 Å². The number of fused-ring (bicyclic) bond motifs is 1. The summed E-state index contributed by atoms with van der Waals surface area (Å²) in [5.74, 6) is 0.506. The topological polar surface area (TPSA) is 70.9 Å². The van der Waals surface area contributed by atoms with Crippen molar-refractivity contribution in [1.29, 1.82) is 0 Å².